The third kappa shape index (κ3) is 2.59. The molecule has 4 saturated carbocycles. The maximum Gasteiger partial charge on any atom is 0.138 e. The Hall–Kier alpha value is -0.590. The number of carbonyl (C=O) groups is 1. The molecule has 8 atom stereocenters. The van der Waals surface area contributed by atoms with E-state index in [0.717, 1.165) is 36.5 Å². The lowest BCUT2D eigenvalue weighted by Crippen LogP contribution is -2.62. The zero-order valence-corrected chi connectivity index (χ0v) is 21.7. The lowest BCUT2D eigenvalue weighted by Gasteiger charge is -2.69. The van der Waals surface area contributed by atoms with Gasteiger partial charge in [0, 0.05) is 11.8 Å². The maximum absolute atomic E-state index is 12.9. The Kier molecular flexibility index (Phi) is 4.66. The van der Waals surface area contributed by atoms with Crippen LogP contribution in [0.2, 0.25) is 0 Å². The van der Waals surface area contributed by atoms with E-state index in [0.29, 0.717) is 27.9 Å². The number of fused-ring (bicyclic) bond motifs is 7. The van der Waals surface area contributed by atoms with Gasteiger partial charge >= 0.3 is 0 Å². The first kappa shape index (κ1) is 22.2. The molecule has 0 unspecified atom stereocenters. The van der Waals surface area contributed by atoms with Crippen molar-refractivity contribution in [1.82, 2.24) is 0 Å². The fraction of sp³-hybridized carbons (Fsp3) is 0.900. The predicted octanol–water partition coefficient (Wildman–Crippen LogP) is 8.23. The number of Topliss-reactive ketones (excluding diaryl/α,β-unsaturated/α-hetero) is 1. The monoisotopic (exact) mass is 424 g/mol. The molecule has 174 valence electrons. The van der Waals surface area contributed by atoms with Gasteiger partial charge in [0.05, 0.1) is 0 Å². The minimum absolute atomic E-state index is 0.153. The van der Waals surface area contributed by atoms with Gasteiger partial charge in [0.1, 0.15) is 5.78 Å². The molecule has 0 N–H and O–H groups in total. The van der Waals surface area contributed by atoms with Crippen LogP contribution in [0, 0.1) is 56.7 Å². The minimum Gasteiger partial charge on any atom is -0.299 e. The highest BCUT2D eigenvalue weighted by molar-refractivity contribution is 5.85. The van der Waals surface area contributed by atoms with Crippen LogP contribution in [0.15, 0.2) is 11.6 Å². The Bertz CT molecular complexity index is 818. The summed E-state index contributed by atoms with van der Waals surface area (Å²) in [6, 6.07) is 0. The van der Waals surface area contributed by atoms with E-state index >= 15 is 0 Å². The van der Waals surface area contributed by atoms with Crippen LogP contribution in [0.4, 0.5) is 0 Å². The van der Waals surface area contributed by atoms with Crippen molar-refractivity contribution >= 4 is 5.78 Å². The van der Waals surface area contributed by atoms with E-state index in [1.165, 1.54) is 44.9 Å². The molecule has 0 aromatic rings. The molecule has 5 aliphatic rings. The topological polar surface area (TPSA) is 17.1 Å². The SMILES string of the molecule is CC(C)[C@@H]1CC[C@@]2(C)CC[C@@]3(C)[C@@H]4CC[C@H]5C(C)(C)C(=O)CC[C@]5(C)C4=CC[C@]3(C)[C@@H]12. The third-order valence-corrected chi connectivity index (χ3v) is 12.8. The molecule has 0 spiro atoms. The molecule has 5 rings (SSSR count). The van der Waals surface area contributed by atoms with Crippen molar-refractivity contribution in [1.29, 1.82) is 0 Å². The molecule has 5 aliphatic carbocycles. The van der Waals surface area contributed by atoms with E-state index in [2.05, 4.69) is 61.5 Å². The van der Waals surface area contributed by atoms with Crippen LogP contribution in [-0.4, -0.2) is 5.78 Å². The number of rotatable bonds is 1. The Morgan fingerprint density at radius 3 is 2.26 bits per heavy atom. The summed E-state index contributed by atoms with van der Waals surface area (Å²) in [7, 11) is 0. The molecule has 0 aliphatic heterocycles. The molecule has 0 saturated heterocycles. The molecule has 0 radical (unpaired) electrons. The van der Waals surface area contributed by atoms with Gasteiger partial charge in [-0.05, 0) is 103 Å². The standard InChI is InChI=1S/C30H48O/c1-19(2)20-11-14-27(5)17-18-29(7)22-9-10-23-26(3,4)24(31)13-15-28(23,6)21(22)12-16-30(29,8)25(20)27/h12,19-20,22-23,25H,9-11,13-18H2,1-8H3/t20-,22+,23-,25-,27-,28+,29-,30+/m0/s1. The second kappa shape index (κ2) is 6.50. The predicted molar refractivity (Wildman–Crippen MR) is 130 cm³/mol. The second-order valence-electron chi connectivity index (χ2n) is 14.5. The third-order valence-electron chi connectivity index (χ3n) is 12.8. The average Bonchev–Trinajstić information content (AvgIpc) is 3.06. The summed E-state index contributed by atoms with van der Waals surface area (Å²) in [4.78, 5) is 12.9. The molecule has 31 heavy (non-hydrogen) atoms. The lowest BCUT2D eigenvalue weighted by molar-refractivity contribution is -0.164. The van der Waals surface area contributed by atoms with Crippen molar-refractivity contribution < 1.29 is 4.79 Å². The normalized spacial score (nSPS) is 53.3. The van der Waals surface area contributed by atoms with Crippen LogP contribution in [0.1, 0.15) is 113 Å². The Morgan fingerprint density at radius 2 is 1.58 bits per heavy atom. The highest BCUT2D eigenvalue weighted by atomic mass is 16.1. The molecule has 4 fully saturated rings. The molecule has 0 amide bonds. The Labute approximate surface area is 192 Å². The van der Waals surface area contributed by atoms with Crippen LogP contribution in [0.5, 0.6) is 0 Å². The fourth-order valence-electron chi connectivity index (χ4n) is 10.8. The van der Waals surface area contributed by atoms with Crippen LogP contribution >= 0.6 is 0 Å². The molecule has 0 aromatic heterocycles. The van der Waals surface area contributed by atoms with E-state index in [-0.39, 0.29) is 10.8 Å². The number of allylic oxidation sites excluding steroid dienone is 2. The van der Waals surface area contributed by atoms with Crippen molar-refractivity contribution in [3.05, 3.63) is 11.6 Å². The van der Waals surface area contributed by atoms with Crippen molar-refractivity contribution in [3.63, 3.8) is 0 Å². The number of hydrogen-bond acceptors (Lipinski definition) is 1. The summed E-state index contributed by atoms with van der Waals surface area (Å²) in [5, 5.41) is 0. The van der Waals surface area contributed by atoms with Crippen LogP contribution in [0.3, 0.4) is 0 Å². The Balaban J connectivity index is 1.60. The zero-order valence-electron chi connectivity index (χ0n) is 21.7. The first-order valence-electron chi connectivity index (χ1n) is 13.6. The second-order valence-corrected chi connectivity index (χ2v) is 14.5. The summed E-state index contributed by atoms with van der Waals surface area (Å²) in [5.74, 6) is 4.33. The molecule has 0 bridgehead atoms. The first-order valence-corrected chi connectivity index (χ1v) is 13.6. The molecular formula is C30H48O. The van der Waals surface area contributed by atoms with Crippen molar-refractivity contribution in [2.75, 3.05) is 0 Å². The van der Waals surface area contributed by atoms with Gasteiger partial charge in [-0.2, -0.15) is 0 Å². The molecule has 1 nitrogen and oxygen atoms in total. The van der Waals surface area contributed by atoms with Crippen molar-refractivity contribution in [2.24, 2.45) is 56.7 Å². The van der Waals surface area contributed by atoms with Crippen molar-refractivity contribution in [3.8, 4) is 0 Å². The quantitative estimate of drug-likeness (QED) is 0.387. The summed E-state index contributed by atoms with van der Waals surface area (Å²) in [6.07, 6.45) is 14.2. The number of hydrogen-bond donors (Lipinski definition) is 0. The van der Waals surface area contributed by atoms with Gasteiger partial charge in [0.2, 0.25) is 0 Å². The molecule has 0 aromatic carbocycles. The molecule has 0 heterocycles. The molecule has 1 heteroatoms. The van der Waals surface area contributed by atoms with E-state index < -0.39 is 0 Å². The summed E-state index contributed by atoms with van der Waals surface area (Å²) < 4.78 is 0. The van der Waals surface area contributed by atoms with Gasteiger partial charge in [-0.3, -0.25) is 4.79 Å². The smallest absolute Gasteiger partial charge is 0.138 e. The zero-order chi connectivity index (χ0) is 22.6. The number of carbonyl (C=O) groups excluding carboxylic acids is 1. The van der Waals surface area contributed by atoms with Gasteiger partial charge in [0.15, 0.2) is 0 Å². The summed E-state index contributed by atoms with van der Waals surface area (Å²) in [5.41, 5.74) is 3.25. The van der Waals surface area contributed by atoms with E-state index in [9.17, 15) is 4.79 Å². The summed E-state index contributed by atoms with van der Waals surface area (Å²) >= 11 is 0. The highest BCUT2D eigenvalue weighted by Gasteiger charge is 2.68. The minimum atomic E-state index is -0.153. The van der Waals surface area contributed by atoms with Gasteiger partial charge in [0.25, 0.3) is 0 Å². The van der Waals surface area contributed by atoms with Gasteiger partial charge in [-0.25, -0.2) is 0 Å². The fourth-order valence-corrected chi connectivity index (χ4v) is 10.8. The van der Waals surface area contributed by atoms with E-state index in [1.807, 2.05) is 0 Å². The largest absolute Gasteiger partial charge is 0.299 e. The lowest BCUT2D eigenvalue weighted by atomic mass is 9.35. The van der Waals surface area contributed by atoms with E-state index in [4.69, 9.17) is 0 Å². The highest BCUT2D eigenvalue weighted by Crippen LogP contribution is 2.76. The van der Waals surface area contributed by atoms with Gasteiger partial charge < -0.3 is 0 Å². The average molecular weight is 425 g/mol. The summed E-state index contributed by atoms with van der Waals surface area (Å²) in [6.45, 7) is 20.1. The van der Waals surface area contributed by atoms with Gasteiger partial charge in [-0.1, -0.05) is 67.0 Å². The first-order chi connectivity index (χ1) is 14.3. The molecular weight excluding hydrogens is 376 g/mol. The van der Waals surface area contributed by atoms with Crippen LogP contribution < -0.4 is 0 Å². The van der Waals surface area contributed by atoms with Gasteiger partial charge in [-0.15, -0.1) is 0 Å². The van der Waals surface area contributed by atoms with Crippen molar-refractivity contribution in [2.45, 2.75) is 113 Å². The van der Waals surface area contributed by atoms with Crippen LogP contribution in [-0.2, 0) is 4.79 Å². The number of ketones is 1. The Morgan fingerprint density at radius 1 is 0.871 bits per heavy atom. The maximum atomic E-state index is 12.9. The van der Waals surface area contributed by atoms with E-state index in [1.54, 1.807) is 5.57 Å². The van der Waals surface area contributed by atoms with Crippen LogP contribution in [0.25, 0.3) is 0 Å².